The molecule has 1 amide bonds. The van der Waals surface area contributed by atoms with Crippen molar-refractivity contribution in [2.45, 2.75) is 33.2 Å². The van der Waals surface area contributed by atoms with Crippen molar-refractivity contribution < 1.29 is 13.9 Å². The predicted octanol–water partition coefficient (Wildman–Crippen LogP) is 5.40. The Morgan fingerprint density at radius 3 is 2.59 bits per heavy atom. The molecule has 5 rings (SSSR count). The van der Waals surface area contributed by atoms with Gasteiger partial charge in [-0.15, -0.1) is 11.3 Å². The molecule has 0 radical (unpaired) electrons. The van der Waals surface area contributed by atoms with E-state index in [-0.39, 0.29) is 17.1 Å². The Labute approximate surface area is 189 Å². The third kappa shape index (κ3) is 3.29. The standard InChI is InChI=1S/C25H22N2O4S/c1-4-11-30-17-8-6-16(7-9-17)21-20-22(28)18-12-14(2)5-10-19(18)31-23(20)24(29)27(21)25-26-15(3)13-32-25/h5-10,12-13,21H,4,11H2,1-3H3. The van der Waals surface area contributed by atoms with Crippen LogP contribution in [0.15, 0.2) is 57.1 Å². The van der Waals surface area contributed by atoms with E-state index >= 15 is 0 Å². The molecule has 1 aliphatic heterocycles. The zero-order valence-electron chi connectivity index (χ0n) is 18.0. The van der Waals surface area contributed by atoms with Crippen molar-refractivity contribution in [1.82, 2.24) is 4.98 Å². The van der Waals surface area contributed by atoms with Gasteiger partial charge in [-0.25, -0.2) is 4.98 Å². The molecule has 2 aromatic carbocycles. The molecule has 6 nitrogen and oxygen atoms in total. The summed E-state index contributed by atoms with van der Waals surface area (Å²) >= 11 is 1.37. The van der Waals surface area contributed by atoms with Gasteiger partial charge in [0.2, 0.25) is 5.76 Å². The van der Waals surface area contributed by atoms with Gasteiger partial charge in [0.25, 0.3) is 5.91 Å². The Bertz CT molecular complexity index is 1390. The molecular weight excluding hydrogens is 424 g/mol. The minimum absolute atomic E-state index is 0.0792. The van der Waals surface area contributed by atoms with Crippen LogP contribution in [0.2, 0.25) is 0 Å². The second-order valence-corrected chi connectivity index (χ2v) is 8.78. The monoisotopic (exact) mass is 446 g/mol. The van der Waals surface area contributed by atoms with Crippen molar-refractivity contribution in [1.29, 1.82) is 0 Å². The van der Waals surface area contributed by atoms with Crippen molar-refractivity contribution in [3.05, 3.63) is 86.2 Å². The van der Waals surface area contributed by atoms with Crippen LogP contribution < -0.4 is 15.1 Å². The summed E-state index contributed by atoms with van der Waals surface area (Å²) in [4.78, 5) is 33.2. The van der Waals surface area contributed by atoms with Gasteiger partial charge in [0, 0.05) is 5.38 Å². The third-order valence-corrected chi connectivity index (χ3v) is 6.47. The molecule has 0 N–H and O–H groups in total. The smallest absolute Gasteiger partial charge is 0.297 e. The predicted molar refractivity (Wildman–Crippen MR) is 125 cm³/mol. The summed E-state index contributed by atoms with van der Waals surface area (Å²) in [5.41, 5.74) is 3.14. The van der Waals surface area contributed by atoms with Crippen LogP contribution in [0.3, 0.4) is 0 Å². The SMILES string of the molecule is CCCOc1ccc(C2c3c(oc4ccc(C)cc4c3=O)C(=O)N2c2nc(C)cs2)cc1. The van der Waals surface area contributed by atoms with E-state index in [4.69, 9.17) is 9.15 Å². The molecule has 0 saturated carbocycles. The lowest BCUT2D eigenvalue weighted by atomic mass is 9.98. The van der Waals surface area contributed by atoms with E-state index in [1.165, 1.54) is 11.3 Å². The molecule has 0 saturated heterocycles. The molecule has 0 aliphatic carbocycles. The second kappa shape index (κ2) is 7.91. The van der Waals surface area contributed by atoms with Gasteiger partial charge in [-0.05, 0) is 50.1 Å². The molecule has 162 valence electrons. The molecule has 0 fully saturated rings. The number of carbonyl (C=O) groups excluding carboxylic acids is 1. The van der Waals surface area contributed by atoms with Gasteiger partial charge in [0.1, 0.15) is 11.3 Å². The average Bonchev–Trinajstić information content (AvgIpc) is 3.34. The number of amides is 1. The summed E-state index contributed by atoms with van der Waals surface area (Å²) in [5, 5.41) is 2.90. The molecule has 0 spiro atoms. The van der Waals surface area contributed by atoms with E-state index < -0.39 is 6.04 Å². The first-order valence-corrected chi connectivity index (χ1v) is 11.4. The van der Waals surface area contributed by atoms with E-state index in [0.29, 0.717) is 28.3 Å². The van der Waals surface area contributed by atoms with Crippen molar-refractivity contribution in [2.75, 3.05) is 11.5 Å². The first kappa shape index (κ1) is 20.5. The Balaban J connectivity index is 1.72. The van der Waals surface area contributed by atoms with Gasteiger partial charge in [0.05, 0.1) is 29.3 Å². The zero-order chi connectivity index (χ0) is 22.4. The highest BCUT2D eigenvalue weighted by Gasteiger charge is 2.44. The van der Waals surface area contributed by atoms with Crippen LogP contribution in [-0.2, 0) is 0 Å². The van der Waals surface area contributed by atoms with Crippen molar-refractivity contribution in [3.63, 3.8) is 0 Å². The number of nitrogens with zero attached hydrogens (tertiary/aromatic N) is 2. The zero-order valence-corrected chi connectivity index (χ0v) is 18.9. The number of hydrogen-bond donors (Lipinski definition) is 0. The number of ether oxygens (including phenoxy) is 1. The van der Waals surface area contributed by atoms with Gasteiger partial charge in [0.15, 0.2) is 10.6 Å². The molecule has 2 aromatic heterocycles. The van der Waals surface area contributed by atoms with Crippen LogP contribution >= 0.6 is 11.3 Å². The fourth-order valence-electron chi connectivity index (χ4n) is 4.02. The number of anilines is 1. The highest BCUT2D eigenvalue weighted by Crippen LogP contribution is 2.42. The van der Waals surface area contributed by atoms with Gasteiger partial charge < -0.3 is 9.15 Å². The maximum Gasteiger partial charge on any atom is 0.297 e. The molecule has 1 aliphatic rings. The third-order valence-electron chi connectivity index (χ3n) is 5.51. The first-order chi connectivity index (χ1) is 15.5. The highest BCUT2D eigenvalue weighted by atomic mass is 32.1. The van der Waals surface area contributed by atoms with Crippen LogP contribution in [-0.4, -0.2) is 17.5 Å². The lowest BCUT2D eigenvalue weighted by molar-refractivity contribution is 0.0971. The normalized spacial score (nSPS) is 15.4. The van der Waals surface area contributed by atoms with Crippen LogP contribution in [0.1, 0.15) is 52.3 Å². The van der Waals surface area contributed by atoms with Gasteiger partial charge >= 0.3 is 0 Å². The van der Waals surface area contributed by atoms with Gasteiger partial charge in [-0.3, -0.25) is 14.5 Å². The second-order valence-electron chi connectivity index (χ2n) is 7.94. The minimum Gasteiger partial charge on any atom is -0.494 e. The lowest BCUT2D eigenvalue weighted by Gasteiger charge is -2.22. The lowest BCUT2D eigenvalue weighted by Crippen LogP contribution is -2.29. The molecule has 3 heterocycles. The molecule has 0 bridgehead atoms. The summed E-state index contributed by atoms with van der Waals surface area (Å²) in [6, 6.07) is 12.3. The fourth-order valence-corrected chi connectivity index (χ4v) is 4.85. The van der Waals surface area contributed by atoms with Crippen molar-refractivity contribution >= 4 is 33.3 Å². The van der Waals surface area contributed by atoms with Crippen molar-refractivity contribution in [3.8, 4) is 5.75 Å². The number of carbonyl (C=O) groups is 1. The van der Waals surface area contributed by atoms with E-state index in [1.807, 2.05) is 49.6 Å². The largest absolute Gasteiger partial charge is 0.494 e. The van der Waals surface area contributed by atoms with E-state index in [2.05, 4.69) is 11.9 Å². The van der Waals surface area contributed by atoms with Gasteiger partial charge in [-0.2, -0.15) is 0 Å². The topological polar surface area (TPSA) is 72.6 Å². The maximum atomic E-state index is 13.6. The van der Waals surface area contributed by atoms with Crippen LogP contribution in [0.5, 0.6) is 5.75 Å². The van der Waals surface area contributed by atoms with Gasteiger partial charge in [-0.1, -0.05) is 30.7 Å². The summed E-state index contributed by atoms with van der Waals surface area (Å²) < 4.78 is 11.7. The van der Waals surface area contributed by atoms with Crippen LogP contribution in [0.4, 0.5) is 5.13 Å². The minimum atomic E-state index is -0.621. The number of hydrogen-bond acceptors (Lipinski definition) is 6. The molecule has 1 unspecified atom stereocenters. The number of rotatable bonds is 5. The average molecular weight is 447 g/mol. The summed E-state index contributed by atoms with van der Waals surface area (Å²) in [6.07, 6.45) is 0.914. The summed E-state index contributed by atoms with van der Waals surface area (Å²) in [7, 11) is 0. The number of thiazole rings is 1. The number of aromatic nitrogens is 1. The number of aryl methyl sites for hydroxylation is 2. The summed E-state index contributed by atoms with van der Waals surface area (Å²) in [6.45, 7) is 6.48. The number of benzene rings is 2. The fraction of sp³-hybridized carbons (Fsp3) is 0.240. The first-order valence-electron chi connectivity index (χ1n) is 10.5. The molecular formula is C25H22N2O4S. The molecule has 32 heavy (non-hydrogen) atoms. The van der Waals surface area contributed by atoms with Crippen LogP contribution in [0.25, 0.3) is 11.0 Å². The number of fused-ring (bicyclic) bond motifs is 2. The van der Waals surface area contributed by atoms with E-state index in [9.17, 15) is 9.59 Å². The Kier molecular flexibility index (Phi) is 5.06. The van der Waals surface area contributed by atoms with Crippen molar-refractivity contribution in [2.24, 2.45) is 0 Å². The Morgan fingerprint density at radius 2 is 1.91 bits per heavy atom. The summed E-state index contributed by atoms with van der Waals surface area (Å²) in [5.74, 6) is 0.471. The quantitative estimate of drug-likeness (QED) is 0.410. The Morgan fingerprint density at radius 1 is 1.12 bits per heavy atom. The molecule has 1 atom stereocenters. The van der Waals surface area contributed by atoms with E-state index in [0.717, 1.165) is 29.0 Å². The maximum absolute atomic E-state index is 13.6. The molecule has 4 aromatic rings. The van der Waals surface area contributed by atoms with E-state index in [1.54, 1.807) is 17.0 Å². The van der Waals surface area contributed by atoms with Crippen LogP contribution in [0, 0.1) is 13.8 Å². The highest BCUT2D eigenvalue weighted by molar-refractivity contribution is 7.14. The Hall–Kier alpha value is -3.45. The molecule has 7 heteroatoms.